The van der Waals surface area contributed by atoms with Gasteiger partial charge in [-0.3, -0.25) is 9.59 Å². The molecular formula is C19H17FN2O3. The highest BCUT2D eigenvalue weighted by atomic mass is 19.1. The molecule has 3 aromatic rings. The summed E-state index contributed by atoms with van der Waals surface area (Å²) in [6.45, 7) is 0.270. The smallest absolute Gasteiger partial charge is 0.257 e. The van der Waals surface area contributed by atoms with E-state index in [2.05, 4.69) is 10.3 Å². The summed E-state index contributed by atoms with van der Waals surface area (Å²) in [5.74, 6) is -0.181. The topological polar surface area (TPSA) is 71.2 Å². The highest BCUT2D eigenvalue weighted by Crippen LogP contribution is 2.19. The molecular weight excluding hydrogens is 323 g/mol. The molecule has 0 unspecified atom stereocenters. The van der Waals surface area contributed by atoms with E-state index in [1.807, 2.05) is 6.20 Å². The van der Waals surface area contributed by atoms with Crippen molar-refractivity contribution in [2.75, 3.05) is 13.2 Å². The summed E-state index contributed by atoms with van der Waals surface area (Å²) >= 11 is 0. The Balaban J connectivity index is 1.50. The highest BCUT2D eigenvalue weighted by Gasteiger charge is 2.08. The average Bonchev–Trinajstić information content (AvgIpc) is 3.02. The number of aromatic amines is 1. The minimum Gasteiger partial charge on any atom is -0.483 e. The third kappa shape index (κ3) is 4.03. The Hall–Kier alpha value is -3.15. The van der Waals surface area contributed by atoms with Gasteiger partial charge in [0.25, 0.3) is 5.91 Å². The number of carbonyl (C=O) groups excluding carboxylic acids is 2. The number of nitrogens with one attached hydrogen (secondary N) is 2. The fraction of sp³-hybridized carbons (Fsp3) is 0.158. The Morgan fingerprint density at radius 1 is 1.24 bits per heavy atom. The Morgan fingerprint density at radius 2 is 2.08 bits per heavy atom. The first-order valence-corrected chi connectivity index (χ1v) is 7.86. The van der Waals surface area contributed by atoms with Crippen LogP contribution in [0.15, 0.2) is 48.7 Å². The van der Waals surface area contributed by atoms with Gasteiger partial charge in [0.05, 0.1) is 5.56 Å². The van der Waals surface area contributed by atoms with Crippen molar-refractivity contribution in [3.63, 3.8) is 0 Å². The van der Waals surface area contributed by atoms with Gasteiger partial charge in [-0.05, 0) is 42.3 Å². The maximum absolute atomic E-state index is 13.2. The number of aldehydes is 1. The molecule has 1 aromatic heterocycles. The zero-order valence-corrected chi connectivity index (χ0v) is 13.4. The Labute approximate surface area is 143 Å². The molecule has 5 nitrogen and oxygen atoms in total. The van der Waals surface area contributed by atoms with Crippen LogP contribution in [0.25, 0.3) is 10.9 Å². The van der Waals surface area contributed by atoms with Crippen LogP contribution in [0.5, 0.6) is 5.75 Å². The summed E-state index contributed by atoms with van der Waals surface area (Å²) in [4.78, 5) is 25.8. The largest absolute Gasteiger partial charge is 0.483 e. The Kier molecular flexibility index (Phi) is 5.09. The standard InChI is InChI=1S/C19H17FN2O3/c20-15-5-6-16-13(10-22-17(16)9-15)7-8-21-19(24)12-25-18-4-2-1-3-14(18)11-23/h1-6,9-11,22H,7-8,12H2,(H,21,24). The summed E-state index contributed by atoms with van der Waals surface area (Å²) in [7, 11) is 0. The van der Waals surface area contributed by atoms with Crippen LogP contribution in [0.1, 0.15) is 15.9 Å². The minimum atomic E-state index is -0.290. The summed E-state index contributed by atoms with van der Waals surface area (Å²) in [6, 6.07) is 11.3. The van der Waals surface area contributed by atoms with Gasteiger partial charge in [0.2, 0.25) is 0 Å². The second-order valence-corrected chi connectivity index (χ2v) is 5.55. The van der Waals surface area contributed by atoms with Crippen molar-refractivity contribution < 1.29 is 18.7 Å². The summed E-state index contributed by atoms with van der Waals surface area (Å²) < 4.78 is 18.5. The van der Waals surface area contributed by atoms with Gasteiger partial charge in [-0.25, -0.2) is 4.39 Å². The van der Waals surface area contributed by atoms with Crippen LogP contribution >= 0.6 is 0 Å². The molecule has 2 N–H and O–H groups in total. The number of amides is 1. The molecule has 0 fully saturated rings. The van der Waals surface area contributed by atoms with Crippen molar-refractivity contribution in [2.24, 2.45) is 0 Å². The van der Waals surface area contributed by atoms with Gasteiger partial charge in [-0.15, -0.1) is 0 Å². The second-order valence-electron chi connectivity index (χ2n) is 5.55. The van der Waals surface area contributed by atoms with E-state index in [1.165, 1.54) is 12.1 Å². The predicted molar refractivity (Wildman–Crippen MR) is 92.3 cm³/mol. The molecule has 0 spiro atoms. The lowest BCUT2D eigenvalue weighted by atomic mass is 10.1. The fourth-order valence-electron chi connectivity index (χ4n) is 2.61. The molecule has 25 heavy (non-hydrogen) atoms. The van der Waals surface area contributed by atoms with Crippen molar-refractivity contribution in [2.45, 2.75) is 6.42 Å². The van der Waals surface area contributed by atoms with Gasteiger partial charge in [0.1, 0.15) is 11.6 Å². The molecule has 0 saturated heterocycles. The van der Waals surface area contributed by atoms with Gasteiger partial charge < -0.3 is 15.0 Å². The van der Waals surface area contributed by atoms with Crippen LogP contribution in [0.4, 0.5) is 4.39 Å². The number of hydrogen-bond donors (Lipinski definition) is 2. The van der Waals surface area contributed by atoms with E-state index in [0.29, 0.717) is 30.6 Å². The van der Waals surface area contributed by atoms with E-state index >= 15 is 0 Å². The van der Waals surface area contributed by atoms with E-state index in [4.69, 9.17) is 4.74 Å². The zero-order chi connectivity index (χ0) is 17.6. The lowest BCUT2D eigenvalue weighted by molar-refractivity contribution is -0.123. The summed E-state index contributed by atoms with van der Waals surface area (Å²) in [5.41, 5.74) is 2.14. The van der Waals surface area contributed by atoms with Crippen LogP contribution in [-0.4, -0.2) is 30.3 Å². The van der Waals surface area contributed by atoms with Gasteiger partial charge in [-0.2, -0.15) is 0 Å². The van der Waals surface area contributed by atoms with Gasteiger partial charge in [0.15, 0.2) is 12.9 Å². The van der Waals surface area contributed by atoms with Crippen molar-refractivity contribution in [3.8, 4) is 5.75 Å². The number of fused-ring (bicyclic) bond motifs is 1. The third-order valence-corrected chi connectivity index (χ3v) is 3.85. The molecule has 0 aliphatic rings. The van der Waals surface area contributed by atoms with E-state index in [0.717, 1.165) is 16.5 Å². The first-order chi connectivity index (χ1) is 12.2. The molecule has 0 saturated carbocycles. The molecule has 1 amide bonds. The molecule has 2 aromatic carbocycles. The molecule has 0 aliphatic heterocycles. The molecule has 0 radical (unpaired) electrons. The molecule has 0 atom stereocenters. The number of H-pyrrole nitrogens is 1. The Bertz CT molecular complexity index is 905. The normalized spacial score (nSPS) is 10.6. The number of ether oxygens (including phenoxy) is 1. The van der Waals surface area contributed by atoms with Crippen LogP contribution < -0.4 is 10.1 Å². The highest BCUT2D eigenvalue weighted by molar-refractivity contribution is 5.83. The number of halogens is 1. The van der Waals surface area contributed by atoms with Gasteiger partial charge >= 0.3 is 0 Å². The zero-order valence-electron chi connectivity index (χ0n) is 13.4. The molecule has 128 valence electrons. The first kappa shape index (κ1) is 16.7. The van der Waals surface area contributed by atoms with Crippen LogP contribution in [0, 0.1) is 5.82 Å². The molecule has 6 heteroatoms. The average molecular weight is 340 g/mol. The molecule has 0 bridgehead atoms. The van der Waals surface area contributed by atoms with E-state index in [-0.39, 0.29) is 18.3 Å². The maximum Gasteiger partial charge on any atom is 0.257 e. The number of aromatic nitrogens is 1. The minimum absolute atomic E-state index is 0.163. The maximum atomic E-state index is 13.2. The number of hydrogen-bond acceptors (Lipinski definition) is 3. The van der Waals surface area contributed by atoms with E-state index < -0.39 is 0 Å². The van der Waals surface area contributed by atoms with Crippen molar-refractivity contribution in [3.05, 3.63) is 65.6 Å². The number of benzene rings is 2. The lowest BCUT2D eigenvalue weighted by Crippen LogP contribution is -2.30. The number of para-hydroxylation sites is 1. The van der Waals surface area contributed by atoms with E-state index in [1.54, 1.807) is 30.3 Å². The fourth-order valence-corrected chi connectivity index (χ4v) is 2.61. The SMILES string of the molecule is O=Cc1ccccc1OCC(=O)NCCc1c[nH]c2cc(F)ccc12. The van der Waals surface area contributed by atoms with Crippen molar-refractivity contribution in [1.29, 1.82) is 0 Å². The Morgan fingerprint density at radius 3 is 2.92 bits per heavy atom. The summed E-state index contributed by atoms with van der Waals surface area (Å²) in [6.07, 6.45) is 3.11. The molecule has 3 rings (SSSR count). The van der Waals surface area contributed by atoms with Gasteiger partial charge in [-0.1, -0.05) is 12.1 Å². The third-order valence-electron chi connectivity index (χ3n) is 3.85. The van der Waals surface area contributed by atoms with Crippen molar-refractivity contribution >= 4 is 23.1 Å². The van der Waals surface area contributed by atoms with Crippen LogP contribution in [-0.2, 0) is 11.2 Å². The number of carbonyl (C=O) groups is 2. The van der Waals surface area contributed by atoms with Crippen molar-refractivity contribution in [1.82, 2.24) is 10.3 Å². The van der Waals surface area contributed by atoms with Crippen LogP contribution in [0.3, 0.4) is 0 Å². The molecule has 0 aliphatic carbocycles. The van der Waals surface area contributed by atoms with Gasteiger partial charge in [0, 0.05) is 23.6 Å². The molecule has 1 heterocycles. The lowest BCUT2D eigenvalue weighted by Gasteiger charge is -2.08. The summed E-state index contributed by atoms with van der Waals surface area (Å²) in [5, 5.41) is 3.70. The van der Waals surface area contributed by atoms with E-state index in [9.17, 15) is 14.0 Å². The van der Waals surface area contributed by atoms with Crippen LogP contribution in [0.2, 0.25) is 0 Å². The number of rotatable bonds is 7. The quantitative estimate of drug-likeness (QED) is 0.650. The second kappa shape index (κ2) is 7.61. The predicted octanol–water partition coefficient (Wildman–Crippen LogP) is 2.86. The monoisotopic (exact) mass is 340 g/mol. The first-order valence-electron chi connectivity index (χ1n) is 7.86.